The lowest BCUT2D eigenvalue weighted by molar-refractivity contribution is 0.0473. The van der Waals surface area contributed by atoms with Gasteiger partial charge in [-0.1, -0.05) is 6.07 Å². The van der Waals surface area contributed by atoms with Crippen molar-refractivity contribution < 1.29 is 18.7 Å². The molecule has 2 N–H and O–H groups in total. The summed E-state index contributed by atoms with van der Waals surface area (Å²) in [5, 5.41) is 6.04. The first kappa shape index (κ1) is 16.3. The molecule has 2 aromatic rings. The standard InChI is InChI=1S/C18H20N2O4/c1-12-16(7-9-23-12)17(21)20-14-5-2-4-13(10-14)18(22)24-11-15-6-3-8-19-15/h2,4-5,7,9-10,15,19H,3,6,8,11H2,1H3,(H,20,21). The van der Waals surface area contributed by atoms with Crippen LogP contribution in [0, 0.1) is 6.92 Å². The average molecular weight is 328 g/mol. The normalized spacial score (nSPS) is 16.8. The van der Waals surface area contributed by atoms with E-state index in [1.807, 2.05) is 0 Å². The molecule has 1 amide bonds. The molecule has 1 aliphatic rings. The lowest BCUT2D eigenvalue weighted by Crippen LogP contribution is -2.28. The smallest absolute Gasteiger partial charge is 0.338 e. The van der Waals surface area contributed by atoms with Crippen LogP contribution in [0.4, 0.5) is 5.69 Å². The van der Waals surface area contributed by atoms with Crippen LogP contribution < -0.4 is 10.6 Å². The number of hydrogen-bond donors (Lipinski definition) is 2. The summed E-state index contributed by atoms with van der Waals surface area (Å²) in [6, 6.07) is 8.56. The van der Waals surface area contributed by atoms with Gasteiger partial charge in [-0.2, -0.15) is 0 Å². The van der Waals surface area contributed by atoms with E-state index < -0.39 is 0 Å². The Hall–Kier alpha value is -2.60. The predicted molar refractivity (Wildman–Crippen MR) is 89.1 cm³/mol. The lowest BCUT2D eigenvalue weighted by Gasteiger charge is -2.11. The molecule has 126 valence electrons. The van der Waals surface area contributed by atoms with E-state index in [0.29, 0.717) is 29.2 Å². The molecular weight excluding hydrogens is 308 g/mol. The summed E-state index contributed by atoms with van der Waals surface area (Å²) in [6.07, 6.45) is 3.60. The highest BCUT2D eigenvalue weighted by Crippen LogP contribution is 2.16. The topological polar surface area (TPSA) is 80.6 Å². The Balaban J connectivity index is 1.62. The van der Waals surface area contributed by atoms with Crippen molar-refractivity contribution in [2.45, 2.75) is 25.8 Å². The predicted octanol–water partition coefficient (Wildman–Crippen LogP) is 2.75. The minimum absolute atomic E-state index is 0.237. The number of hydrogen-bond acceptors (Lipinski definition) is 5. The van der Waals surface area contributed by atoms with E-state index in [2.05, 4.69) is 10.6 Å². The number of esters is 1. The number of nitrogens with one attached hydrogen (secondary N) is 2. The van der Waals surface area contributed by atoms with Gasteiger partial charge in [-0.25, -0.2) is 4.79 Å². The van der Waals surface area contributed by atoms with Gasteiger partial charge in [0.2, 0.25) is 0 Å². The Morgan fingerprint density at radius 1 is 1.38 bits per heavy atom. The molecule has 1 aromatic heterocycles. The Morgan fingerprint density at radius 3 is 2.96 bits per heavy atom. The average Bonchev–Trinajstić information content (AvgIpc) is 3.24. The summed E-state index contributed by atoms with van der Waals surface area (Å²) < 4.78 is 10.5. The third-order valence-corrected chi connectivity index (χ3v) is 4.04. The number of carbonyl (C=O) groups excluding carboxylic acids is 2. The van der Waals surface area contributed by atoms with Crippen molar-refractivity contribution in [2.24, 2.45) is 0 Å². The van der Waals surface area contributed by atoms with E-state index in [0.717, 1.165) is 19.4 Å². The molecule has 1 atom stereocenters. The van der Waals surface area contributed by atoms with Crippen LogP contribution in [0.3, 0.4) is 0 Å². The zero-order valence-corrected chi connectivity index (χ0v) is 13.5. The van der Waals surface area contributed by atoms with E-state index in [-0.39, 0.29) is 17.9 Å². The van der Waals surface area contributed by atoms with Crippen molar-refractivity contribution >= 4 is 17.6 Å². The fourth-order valence-electron chi connectivity index (χ4n) is 2.70. The second kappa shape index (κ2) is 7.31. The van der Waals surface area contributed by atoms with Gasteiger partial charge in [0.1, 0.15) is 12.4 Å². The maximum Gasteiger partial charge on any atom is 0.338 e. The third-order valence-electron chi connectivity index (χ3n) is 4.04. The largest absolute Gasteiger partial charge is 0.469 e. The quantitative estimate of drug-likeness (QED) is 0.825. The number of furan rings is 1. The summed E-state index contributed by atoms with van der Waals surface area (Å²) in [7, 11) is 0. The summed E-state index contributed by atoms with van der Waals surface area (Å²) in [5.41, 5.74) is 1.42. The van der Waals surface area contributed by atoms with Crippen LogP contribution in [-0.2, 0) is 4.74 Å². The number of anilines is 1. The zero-order valence-electron chi connectivity index (χ0n) is 13.5. The molecule has 0 radical (unpaired) electrons. The van der Waals surface area contributed by atoms with Gasteiger partial charge in [0.15, 0.2) is 0 Å². The molecule has 1 fully saturated rings. The Morgan fingerprint density at radius 2 is 2.25 bits per heavy atom. The minimum Gasteiger partial charge on any atom is -0.469 e. The molecule has 1 saturated heterocycles. The van der Waals surface area contributed by atoms with Gasteiger partial charge in [-0.3, -0.25) is 4.79 Å². The van der Waals surface area contributed by atoms with Crippen LogP contribution in [0.25, 0.3) is 0 Å². The van der Waals surface area contributed by atoms with Crippen molar-refractivity contribution in [3.63, 3.8) is 0 Å². The molecule has 0 bridgehead atoms. The monoisotopic (exact) mass is 328 g/mol. The molecule has 2 heterocycles. The van der Waals surface area contributed by atoms with E-state index in [4.69, 9.17) is 9.15 Å². The van der Waals surface area contributed by atoms with Crippen LogP contribution in [0.15, 0.2) is 41.0 Å². The van der Waals surface area contributed by atoms with Crippen LogP contribution in [-0.4, -0.2) is 31.1 Å². The number of rotatable bonds is 5. The summed E-state index contributed by atoms with van der Waals surface area (Å²) in [5.74, 6) is -0.117. The van der Waals surface area contributed by atoms with E-state index in [1.165, 1.54) is 6.26 Å². The van der Waals surface area contributed by atoms with Crippen LogP contribution >= 0.6 is 0 Å². The van der Waals surface area contributed by atoms with Gasteiger partial charge in [0, 0.05) is 11.7 Å². The second-order valence-corrected chi connectivity index (χ2v) is 5.82. The fourth-order valence-corrected chi connectivity index (χ4v) is 2.70. The molecule has 6 heteroatoms. The van der Waals surface area contributed by atoms with Crippen LogP contribution in [0.5, 0.6) is 0 Å². The second-order valence-electron chi connectivity index (χ2n) is 5.82. The number of amides is 1. The molecule has 0 saturated carbocycles. The molecule has 1 aromatic carbocycles. The third kappa shape index (κ3) is 3.83. The SMILES string of the molecule is Cc1occc1C(=O)Nc1cccc(C(=O)OCC2CCCN2)c1. The molecule has 6 nitrogen and oxygen atoms in total. The van der Waals surface area contributed by atoms with E-state index in [1.54, 1.807) is 37.3 Å². The maximum atomic E-state index is 12.2. The Kier molecular flexibility index (Phi) is 4.96. The molecule has 3 rings (SSSR count). The minimum atomic E-state index is -0.390. The van der Waals surface area contributed by atoms with E-state index >= 15 is 0 Å². The van der Waals surface area contributed by atoms with Gasteiger partial charge in [-0.05, 0) is 50.6 Å². The molecule has 0 aliphatic carbocycles. The summed E-state index contributed by atoms with van der Waals surface area (Å²) >= 11 is 0. The van der Waals surface area contributed by atoms with Crippen molar-refractivity contribution in [3.8, 4) is 0 Å². The molecular formula is C18H20N2O4. The first-order valence-electron chi connectivity index (χ1n) is 7.99. The highest BCUT2D eigenvalue weighted by atomic mass is 16.5. The fraction of sp³-hybridized carbons (Fsp3) is 0.333. The molecule has 1 unspecified atom stereocenters. The van der Waals surface area contributed by atoms with Gasteiger partial charge in [-0.15, -0.1) is 0 Å². The highest BCUT2D eigenvalue weighted by Gasteiger charge is 2.17. The van der Waals surface area contributed by atoms with Crippen LogP contribution in [0.1, 0.15) is 39.3 Å². The zero-order chi connectivity index (χ0) is 16.9. The lowest BCUT2D eigenvalue weighted by atomic mass is 10.2. The van der Waals surface area contributed by atoms with Crippen molar-refractivity contribution in [3.05, 3.63) is 53.5 Å². The summed E-state index contributed by atoms with van der Waals surface area (Å²) in [6.45, 7) is 3.06. The van der Waals surface area contributed by atoms with Crippen molar-refractivity contribution in [1.82, 2.24) is 5.32 Å². The Labute approximate surface area is 140 Å². The Bertz CT molecular complexity index is 732. The first-order valence-corrected chi connectivity index (χ1v) is 7.99. The molecule has 1 aliphatic heterocycles. The van der Waals surface area contributed by atoms with Crippen LogP contribution in [0.2, 0.25) is 0 Å². The summed E-state index contributed by atoms with van der Waals surface area (Å²) in [4.78, 5) is 24.3. The van der Waals surface area contributed by atoms with Gasteiger partial charge in [0.05, 0.1) is 17.4 Å². The maximum absolute atomic E-state index is 12.2. The van der Waals surface area contributed by atoms with Crippen molar-refractivity contribution in [2.75, 3.05) is 18.5 Å². The first-order chi connectivity index (χ1) is 11.6. The number of aryl methyl sites for hydroxylation is 1. The molecule has 24 heavy (non-hydrogen) atoms. The highest BCUT2D eigenvalue weighted by molar-refractivity contribution is 6.05. The number of carbonyl (C=O) groups is 2. The number of ether oxygens (including phenoxy) is 1. The van der Waals surface area contributed by atoms with E-state index in [9.17, 15) is 9.59 Å². The van der Waals surface area contributed by atoms with Gasteiger partial charge in [0.25, 0.3) is 5.91 Å². The van der Waals surface area contributed by atoms with Gasteiger partial charge < -0.3 is 19.8 Å². The van der Waals surface area contributed by atoms with Gasteiger partial charge >= 0.3 is 5.97 Å². The van der Waals surface area contributed by atoms with Crippen molar-refractivity contribution in [1.29, 1.82) is 0 Å². The number of benzene rings is 1. The molecule has 0 spiro atoms.